The van der Waals surface area contributed by atoms with Crippen molar-refractivity contribution in [3.05, 3.63) is 39.9 Å². The van der Waals surface area contributed by atoms with Gasteiger partial charge in [0.25, 0.3) is 5.69 Å². The highest BCUT2D eigenvalue weighted by molar-refractivity contribution is 5.39. The molecule has 1 aromatic carbocycles. The van der Waals surface area contributed by atoms with Gasteiger partial charge in [0.2, 0.25) is 0 Å². The molecule has 1 rings (SSSR count). The first-order valence-corrected chi connectivity index (χ1v) is 7.54. The van der Waals surface area contributed by atoms with Crippen molar-refractivity contribution in [1.29, 1.82) is 0 Å². The average molecular weight is 278 g/mol. The van der Waals surface area contributed by atoms with E-state index in [0.29, 0.717) is 6.54 Å². The number of nitro benzene ring substituents is 1. The van der Waals surface area contributed by atoms with Gasteiger partial charge in [0.1, 0.15) is 0 Å². The van der Waals surface area contributed by atoms with Gasteiger partial charge < -0.3 is 5.32 Å². The fourth-order valence-electron chi connectivity index (χ4n) is 2.22. The molecule has 0 bridgehead atoms. The van der Waals surface area contributed by atoms with E-state index in [1.165, 1.54) is 25.7 Å². The number of unbranched alkanes of at least 4 members (excludes halogenated alkanes) is 3. The lowest BCUT2D eigenvalue weighted by atomic mass is 10.0. The quantitative estimate of drug-likeness (QED) is 0.394. The van der Waals surface area contributed by atoms with Gasteiger partial charge in [-0.1, -0.05) is 57.7 Å². The van der Waals surface area contributed by atoms with E-state index in [-0.39, 0.29) is 10.6 Å². The number of nitrogens with one attached hydrogen (secondary N) is 1. The molecule has 1 N–H and O–H groups in total. The number of nitro groups is 1. The van der Waals surface area contributed by atoms with Crippen LogP contribution in [0.25, 0.3) is 0 Å². The summed E-state index contributed by atoms with van der Waals surface area (Å²) in [5.41, 5.74) is 0.967. The van der Waals surface area contributed by atoms with Gasteiger partial charge in [-0.2, -0.15) is 0 Å². The highest BCUT2D eigenvalue weighted by atomic mass is 16.6. The Morgan fingerprint density at radius 2 is 1.85 bits per heavy atom. The Labute approximate surface area is 121 Å². The molecule has 0 saturated heterocycles. The summed E-state index contributed by atoms with van der Waals surface area (Å²) in [5.74, 6) is 0.798. The summed E-state index contributed by atoms with van der Waals surface area (Å²) in [7, 11) is 0. The Balaban J connectivity index is 2.14. The first-order valence-electron chi connectivity index (χ1n) is 7.54. The van der Waals surface area contributed by atoms with E-state index in [0.717, 1.165) is 24.4 Å². The molecule has 4 nitrogen and oxygen atoms in total. The molecule has 20 heavy (non-hydrogen) atoms. The molecular formula is C16H26N2O2. The molecule has 0 radical (unpaired) electrons. The number of rotatable bonds is 10. The van der Waals surface area contributed by atoms with Crippen molar-refractivity contribution < 1.29 is 4.92 Å². The predicted molar refractivity (Wildman–Crippen MR) is 82.7 cm³/mol. The highest BCUT2D eigenvalue weighted by Crippen LogP contribution is 2.17. The summed E-state index contributed by atoms with van der Waals surface area (Å²) in [6.07, 6.45) is 6.27. The third-order valence-electron chi connectivity index (χ3n) is 3.39. The summed E-state index contributed by atoms with van der Waals surface area (Å²) < 4.78 is 0. The van der Waals surface area contributed by atoms with Crippen LogP contribution in [-0.4, -0.2) is 11.5 Å². The number of nitrogens with zero attached hydrogens (tertiary/aromatic N) is 1. The standard InChI is InChI=1S/C16H26N2O2/c1-14(2)9-5-3-4-8-12-17-13-15-10-6-7-11-16(15)18(19)20/h6-7,10-11,14,17H,3-5,8-9,12-13H2,1-2H3. The summed E-state index contributed by atoms with van der Waals surface area (Å²) in [5, 5.41) is 14.2. The van der Waals surface area contributed by atoms with Crippen LogP contribution in [0.5, 0.6) is 0 Å². The first kappa shape index (κ1) is 16.6. The lowest BCUT2D eigenvalue weighted by Crippen LogP contribution is -2.15. The van der Waals surface area contributed by atoms with Gasteiger partial charge in [-0.05, 0) is 18.9 Å². The zero-order chi connectivity index (χ0) is 14.8. The lowest BCUT2D eigenvalue weighted by molar-refractivity contribution is -0.385. The van der Waals surface area contributed by atoms with Gasteiger partial charge in [-0.25, -0.2) is 0 Å². The summed E-state index contributed by atoms with van der Waals surface area (Å²) >= 11 is 0. The monoisotopic (exact) mass is 278 g/mol. The van der Waals surface area contributed by atoms with Gasteiger partial charge in [0.15, 0.2) is 0 Å². The van der Waals surface area contributed by atoms with Gasteiger partial charge in [0.05, 0.1) is 4.92 Å². The minimum Gasteiger partial charge on any atom is -0.312 e. The Bertz CT molecular complexity index is 405. The van der Waals surface area contributed by atoms with Gasteiger partial charge in [-0.3, -0.25) is 10.1 Å². The van der Waals surface area contributed by atoms with Crippen molar-refractivity contribution >= 4 is 5.69 Å². The maximum Gasteiger partial charge on any atom is 0.273 e. The maximum absolute atomic E-state index is 10.9. The Morgan fingerprint density at radius 1 is 1.15 bits per heavy atom. The second kappa shape index (κ2) is 9.48. The number of hydrogen-bond donors (Lipinski definition) is 1. The Hall–Kier alpha value is -1.42. The molecule has 0 aliphatic carbocycles. The number of benzene rings is 1. The van der Waals surface area contributed by atoms with Crippen LogP contribution in [0.15, 0.2) is 24.3 Å². The SMILES string of the molecule is CC(C)CCCCCCNCc1ccccc1[N+](=O)[O-]. The van der Waals surface area contributed by atoms with Crippen LogP contribution in [-0.2, 0) is 6.54 Å². The molecule has 0 atom stereocenters. The van der Waals surface area contributed by atoms with Crippen LogP contribution < -0.4 is 5.32 Å². The molecular weight excluding hydrogens is 252 g/mol. The largest absolute Gasteiger partial charge is 0.312 e. The van der Waals surface area contributed by atoms with E-state index in [9.17, 15) is 10.1 Å². The van der Waals surface area contributed by atoms with Crippen LogP contribution in [0, 0.1) is 16.0 Å². The lowest BCUT2D eigenvalue weighted by Gasteiger charge is -2.06. The van der Waals surface area contributed by atoms with Crippen molar-refractivity contribution in [2.45, 2.75) is 52.5 Å². The minimum atomic E-state index is -0.317. The second-order valence-corrected chi connectivity index (χ2v) is 5.66. The fraction of sp³-hybridized carbons (Fsp3) is 0.625. The van der Waals surface area contributed by atoms with E-state index in [1.54, 1.807) is 12.1 Å². The molecule has 0 aliphatic rings. The number of para-hydroxylation sites is 1. The van der Waals surface area contributed by atoms with Crippen molar-refractivity contribution in [3.63, 3.8) is 0 Å². The molecule has 112 valence electrons. The van der Waals surface area contributed by atoms with Crippen LogP contribution >= 0.6 is 0 Å². The fourth-order valence-corrected chi connectivity index (χ4v) is 2.22. The normalized spacial score (nSPS) is 10.9. The summed E-state index contributed by atoms with van der Waals surface area (Å²) in [4.78, 5) is 10.5. The third kappa shape index (κ3) is 6.66. The second-order valence-electron chi connectivity index (χ2n) is 5.66. The van der Waals surface area contributed by atoms with Crippen LogP contribution in [0.4, 0.5) is 5.69 Å². The van der Waals surface area contributed by atoms with Crippen molar-refractivity contribution in [2.75, 3.05) is 6.54 Å². The van der Waals surface area contributed by atoms with E-state index in [4.69, 9.17) is 0 Å². The molecule has 0 aliphatic heterocycles. The average Bonchev–Trinajstić information content (AvgIpc) is 2.41. The zero-order valence-electron chi connectivity index (χ0n) is 12.6. The maximum atomic E-state index is 10.9. The molecule has 0 aromatic heterocycles. The summed E-state index contributed by atoms with van der Waals surface area (Å²) in [6.45, 7) is 6.01. The molecule has 0 unspecified atom stereocenters. The van der Waals surface area contributed by atoms with E-state index in [1.807, 2.05) is 12.1 Å². The summed E-state index contributed by atoms with van der Waals surface area (Å²) in [6, 6.07) is 6.92. The van der Waals surface area contributed by atoms with Crippen molar-refractivity contribution in [1.82, 2.24) is 5.32 Å². The van der Waals surface area contributed by atoms with E-state index in [2.05, 4.69) is 19.2 Å². The van der Waals surface area contributed by atoms with Crippen LogP contribution in [0.3, 0.4) is 0 Å². The molecule has 1 aromatic rings. The van der Waals surface area contributed by atoms with Crippen LogP contribution in [0.2, 0.25) is 0 Å². The minimum absolute atomic E-state index is 0.205. The zero-order valence-corrected chi connectivity index (χ0v) is 12.6. The topological polar surface area (TPSA) is 55.2 Å². The third-order valence-corrected chi connectivity index (χ3v) is 3.39. The molecule has 0 spiro atoms. The molecule has 0 fully saturated rings. The predicted octanol–water partition coefficient (Wildman–Crippen LogP) is 4.29. The van der Waals surface area contributed by atoms with E-state index < -0.39 is 0 Å². The molecule has 0 amide bonds. The molecule has 0 saturated carbocycles. The van der Waals surface area contributed by atoms with Gasteiger partial charge >= 0.3 is 0 Å². The highest BCUT2D eigenvalue weighted by Gasteiger charge is 2.10. The van der Waals surface area contributed by atoms with Gasteiger partial charge in [0, 0.05) is 18.2 Å². The smallest absolute Gasteiger partial charge is 0.273 e. The molecule has 4 heteroatoms. The first-order chi connectivity index (χ1) is 9.61. The van der Waals surface area contributed by atoms with Crippen LogP contribution in [0.1, 0.15) is 51.5 Å². The Morgan fingerprint density at radius 3 is 2.55 bits per heavy atom. The van der Waals surface area contributed by atoms with Crippen molar-refractivity contribution in [3.8, 4) is 0 Å². The Kier molecular flexibility index (Phi) is 7.88. The number of hydrogen-bond acceptors (Lipinski definition) is 3. The van der Waals surface area contributed by atoms with Crippen molar-refractivity contribution in [2.24, 2.45) is 5.92 Å². The van der Waals surface area contributed by atoms with Gasteiger partial charge in [-0.15, -0.1) is 0 Å². The van der Waals surface area contributed by atoms with E-state index >= 15 is 0 Å². The molecule has 0 heterocycles.